The zero-order chi connectivity index (χ0) is 15.1. The van der Waals surface area contributed by atoms with Gasteiger partial charge in [-0.2, -0.15) is 0 Å². The van der Waals surface area contributed by atoms with Gasteiger partial charge in [-0.1, -0.05) is 13.3 Å². The van der Waals surface area contributed by atoms with E-state index in [0.717, 1.165) is 6.42 Å². The highest BCUT2D eigenvalue weighted by molar-refractivity contribution is 5.97. The number of ether oxygens (including phenoxy) is 1. The van der Waals surface area contributed by atoms with Gasteiger partial charge in [0.15, 0.2) is 5.78 Å². The number of hydrogen-bond donors (Lipinski definition) is 2. The van der Waals surface area contributed by atoms with Crippen LogP contribution in [0.2, 0.25) is 0 Å². The van der Waals surface area contributed by atoms with Crippen LogP contribution in [0.3, 0.4) is 0 Å². The Morgan fingerprint density at radius 2 is 2.00 bits per heavy atom. The van der Waals surface area contributed by atoms with E-state index in [-0.39, 0.29) is 24.6 Å². The van der Waals surface area contributed by atoms with Gasteiger partial charge in [0.25, 0.3) is 0 Å². The molecule has 2 N–H and O–H groups in total. The maximum Gasteiger partial charge on any atom is 0.303 e. The summed E-state index contributed by atoms with van der Waals surface area (Å²) in [5, 5.41) is 18.5. The molecule has 1 rings (SSSR count). The Kier molecular flexibility index (Phi) is 6.03. The molecule has 0 aliphatic heterocycles. The van der Waals surface area contributed by atoms with Gasteiger partial charge in [0.05, 0.1) is 12.2 Å². The van der Waals surface area contributed by atoms with Gasteiger partial charge in [-0.3, -0.25) is 9.59 Å². The lowest BCUT2D eigenvalue weighted by atomic mass is 10.0. The summed E-state index contributed by atoms with van der Waals surface area (Å²) in [7, 11) is 0. The first kappa shape index (κ1) is 16.0. The highest BCUT2D eigenvalue weighted by Gasteiger charge is 2.16. The van der Waals surface area contributed by atoms with Gasteiger partial charge in [-0.05, 0) is 31.9 Å². The average Bonchev–Trinajstić information content (AvgIpc) is 2.37. The second-order valence-electron chi connectivity index (χ2n) is 4.59. The molecule has 0 amide bonds. The van der Waals surface area contributed by atoms with Crippen LogP contribution >= 0.6 is 0 Å². The second-order valence-corrected chi connectivity index (χ2v) is 4.59. The SMILES string of the molecule is CCCc1c(O)ccc(C(C)=O)c1OCCCC(=O)O. The number of Topliss-reactive ketones (excluding diaryl/α,β-unsaturated/α-hetero) is 1. The monoisotopic (exact) mass is 280 g/mol. The molecule has 0 atom stereocenters. The Morgan fingerprint density at radius 3 is 2.55 bits per heavy atom. The summed E-state index contributed by atoms with van der Waals surface area (Å²) in [6, 6.07) is 3.02. The molecule has 5 heteroatoms. The van der Waals surface area contributed by atoms with Crippen molar-refractivity contribution in [2.75, 3.05) is 6.61 Å². The maximum absolute atomic E-state index is 11.6. The van der Waals surface area contributed by atoms with Gasteiger partial charge in [-0.15, -0.1) is 0 Å². The summed E-state index contributed by atoms with van der Waals surface area (Å²) in [4.78, 5) is 22.1. The summed E-state index contributed by atoms with van der Waals surface area (Å²) in [5.41, 5.74) is 1.03. The maximum atomic E-state index is 11.6. The number of carboxylic acids is 1. The Balaban J connectivity index is 2.96. The standard InChI is InChI=1S/C15H20O5/c1-3-5-12-13(17)8-7-11(10(2)16)15(12)20-9-4-6-14(18)19/h7-8,17H,3-6,9H2,1-2H3,(H,18,19). The van der Waals surface area contributed by atoms with Crippen molar-refractivity contribution in [2.24, 2.45) is 0 Å². The summed E-state index contributed by atoms with van der Waals surface area (Å²) in [6.45, 7) is 3.60. The van der Waals surface area contributed by atoms with Crippen molar-refractivity contribution >= 4 is 11.8 Å². The average molecular weight is 280 g/mol. The number of aromatic hydroxyl groups is 1. The van der Waals surface area contributed by atoms with E-state index < -0.39 is 5.97 Å². The number of phenols is 1. The van der Waals surface area contributed by atoms with Crippen LogP contribution < -0.4 is 4.74 Å². The number of ketones is 1. The smallest absolute Gasteiger partial charge is 0.303 e. The normalized spacial score (nSPS) is 10.3. The molecular weight excluding hydrogens is 260 g/mol. The molecule has 1 aromatic carbocycles. The number of carbonyl (C=O) groups excluding carboxylic acids is 1. The summed E-state index contributed by atoms with van der Waals surface area (Å²) in [6.07, 6.45) is 1.77. The van der Waals surface area contributed by atoms with E-state index in [2.05, 4.69) is 0 Å². The number of aliphatic carboxylic acids is 1. The van der Waals surface area contributed by atoms with E-state index in [0.29, 0.717) is 29.7 Å². The zero-order valence-electron chi connectivity index (χ0n) is 11.8. The minimum absolute atomic E-state index is 0.0112. The van der Waals surface area contributed by atoms with Gasteiger partial charge in [0.1, 0.15) is 11.5 Å². The van der Waals surface area contributed by atoms with E-state index >= 15 is 0 Å². The molecule has 0 fully saturated rings. The molecule has 110 valence electrons. The van der Waals surface area contributed by atoms with Crippen LogP contribution in [0.25, 0.3) is 0 Å². The van der Waals surface area contributed by atoms with Gasteiger partial charge in [0, 0.05) is 12.0 Å². The Bertz CT molecular complexity index is 493. The zero-order valence-corrected chi connectivity index (χ0v) is 11.8. The molecular formula is C15H20O5. The van der Waals surface area contributed by atoms with Crippen molar-refractivity contribution in [3.05, 3.63) is 23.3 Å². The molecule has 0 saturated carbocycles. The summed E-state index contributed by atoms with van der Waals surface area (Å²) >= 11 is 0. The van der Waals surface area contributed by atoms with E-state index in [1.807, 2.05) is 6.92 Å². The number of rotatable bonds is 8. The number of hydrogen-bond acceptors (Lipinski definition) is 4. The van der Waals surface area contributed by atoms with Crippen molar-refractivity contribution in [3.8, 4) is 11.5 Å². The van der Waals surface area contributed by atoms with E-state index in [9.17, 15) is 14.7 Å². The Morgan fingerprint density at radius 1 is 1.30 bits per heavy atom. The highest BCUT2D eigenvalue weighted by Crippen LogP contribution is 2.33. The first-order chi connectivity index (χ1) is 9.47. The van der Waals surface area contributed by atoms with Crippen molar-refractivity contribution in [3.63, 3.8) is 0 Å². The third kappa shape index (κ3) is 4.26. The number of carboxylic acid groups (broad SMARTS) is 1. The van der Waals surface area contributed by atoms with Crippen molar-refractivity contribution < 1.29 is 24.5 Å². The minimum Gasteiger partial charge on any atom is -0.508 e. The lowest BCUT2D eigenvalue weighted by Crippen LogP contribution is -2.08. The van der Waals surface area contributed by atoms with Crippen molar-refractivity contribution in [1.82, 2.24) is 0 Å². The quantitative estimate of drug-likeness (QED) is 0.565. The van der Waals surface area contributed by atoms with E-state index in [4.69, 9.17) is 9.84 Å². The van der Waals surface area contributed by atoms with Gasteiger partial charge >= 0.3 is 5.97 Å². The van der Waals surface area contributed by atoms with Crippen LogP contribution in [-0.2, 0) is 11.2 Å². The third-order valence-electron chi connectivity index (χ3n) is 2.90. The van der Waals surface area contributed by atoms with Gasteiger partial charge in [0.2, 0.25) is 0 Å². The summed E-state index contributed by atoms with van der Waals surface area (Å²) < 4.78 is 5.57. The van der Waals surface area contributed by atoms with Crippen LogP contribution in [0.1, 0.15) is 49.0 Å². The predicted octanol–water partition coefficient (Wildman–Crippen LogP) is 2.79. The Hall–Kier alpha value is -2.04. The molecule has 5 nitrogen and oxygen atoms in total. The first-order valence-corrected chi connectivity index (χ1v) is 6.67. The fourth-order valence-electron chi connectivity index (χ4n) is 1.95. The molecule has 0 unspecified atom stereocenters. The van der Waals surface area contributed by atoms with Crippen LogP contribution in [0.4, 0.5) is 0 Å². The Labute approximate surface area is 118 Å². The lowest BCUT2D eigenvalue weighted by molar-refractivity contribution is -0.137. The predicted molar refractivity (Wildman–Crippen MR) is 74.5 cm³/mol. The molecule has 0 aliphatic carbocycles. The lowest BCUT2D eigenvalue weighted by Gasteiger charge is -2.15. The number of carbonyl (C=O) groups is 2. The second kappa shape index (κ2) is 7.53. The minimum atomic E-state index is -0.884. The number of phenolic OH excluding ortho intramolecular Hbond substituents is 1. The van der Waals surface area contributed by atoms with Crippen LogP contribution in [-0.4, -0.2) is 28.6 Å². The molecule has 0 aliphatic rings. The fraction of sp³-hybridized carbons (Fsp3) is 0.467. The van der Waals surface area contributed by atoms with Gasteiger partial charge < -0.3 is 14.9 Å². The largest absolute Gasteiger partial charge is 0.508 e. The van der Waals surface area contributed by atoms with Gasteiger partial charge in [-0.25, -0.2) is 0 Å². The third-order valence-corrected chi connectivity index (χ3v) is 2.90. The van der Waals surface area contributed by atoms with Crippen molar-refractivity contribution in [1.29, 1.82) is 0 Å². The molecule has 0 saturated heterocycles. The molecule has 0 spiro atoms. The molecule has 20 heavy (non-hydrogen) atoms. The highest BCUT2D eigenvalue weighted by atomic mass is 16.5. The topological polar surface area (TPSA) is 83.8 Å². The molecule has 0 radical (unpaired) electrons. The first-order valence-electron chi connectivity index (χ1n) is 6.67. The van der Waals surface area contributed by atoms with E-state index in [1.165, 1.54) is 19.1 Å². The van der Waals surface area contributed by atoms with Crippen LogP contribution in [0.15, 0.2) is 12.1 Å². The molecule has 0 heterocycles. The van der Waals surface area contributed by atoms with Crippen LogP contribution in [0.5, 0.6) is 11.5 Å². The fourth-order valence-corrected chi connectivity index (χ4v) is 1.95. The van der Waals surface area contributed by atoms with Crippen LogP contribution in [0, 0.1) is 0 Å². The van der Waals surface area contributed by atoms with Crippen molar-refractivity contribution in [2.45, 2.75) is 39.5 Å². The molecule has 1 aromatic rings. The molecule has 0 aromatic heterocycles. The number of benzene rings is 1. The van der Waals surface area contributed by atoms with E-state index in [1.54, 1.807) is 0 Å². The summed E-state index contributed by atoms with van der Waals surface area (Å²) in [5.74, 6) is -0.546. The molecule has 0 bridgehead atoms.